The number of nitrogens with zero attached hydrogens (tertiary/aromatic N) is 2. The van der Waals surface area contributed by atoms with Crippen LogP contribution in [-0.4, -0.2) is 52.7 Å². The minimum absolute atomic E-state index is 0.0635. The summed E-state index contributed by atoms with van der Waals surface area (Å²) < 4.78 is 7.44. The van der Waals surface area contributed by atoms with Crippen molar-refractivity contribution in [2.45, 2.75) is 25.5 Å². The SMILES string of the molecule is CN1C(=O)/C(=C/c2cn(CC(=O)NC[C@@H]3CCCO3)c3ccccc23)NC1=S. The Labute approximate surface area is 168 Å². The molecule has 0 bridgehead atoms. The van der Waals surface area contributed by atoms with Gasteiger partial charge in [0.25, 0.3) is 5.91 Å². The number of fused-ring (bicyclic) bond motifs is 1. The van der Waals surface area contributed by atoms with Gasteiger partial charge in [-0.25, -0.2) is 0 Å². The molecular weight excluding hydrogens is 376 g/mol. The third kappa shape index (κ3) is 3.65. The van der Waals surface area contributed by atoms with Gasteiger partial charge in [0.05, 0.1) is 6.10 Å². The second-order valence-corrected chi connectivity index (χ2v) is 7.41. The number of rotatable bonds is 5. The summed E-state index contributed by atoms with van der Waals surface area (Å²) in [6, 6.07) is 7.81. The van der Waals surface area contributed by atoms with Gasteiger partial charge in [-0.1, -0.05) is 18.2 Å². The molecule has 0 aliphatic carbocycles. The molecule has 146 valence electrons. The molecular formula is C20H22N4O3S. The molecule has 0 unspecified atom stereocenters. The first-order valence-electron chi connectivity index (χ1n) is 9.30. The number of carbonyl (C=O) groups excluding carboxylic acids is 2. The van der Waals surface area contributed by atoms with Crippen molar-refractivity contribution in [3.8, 4) is 0 Å². The molecule has 28 heavy (non-hydrogen) atoms. The van der Waals surface area contributed by atoms with Gasteiger partial charge in [-0.15, -0.1) is 0 Å². The smallest absolute Gasteiger partial charge is 0.276 e. The van der Waals surface area contributed by atoms with Crippen LogP contribution in [0, 0.1) is 0 Å². The van der Waals surface area contributed by atoms with E-state index in [2.05, 4.69) is 10.6 Å². The minimum Gasteiger partial charge on any atom is -0.376 e. The van der Waals surface area contributed by atoms with Crippen molar-refractivity contribution < 1.29 is 14.3 Å². The molecule has 7 nitrogen and oxygen atoms in total. The van der Waals surface area contributed by atoms with Gasteiger partial charge >= 0.3 is 0 Å². The first-order chi connectivity index (χ1) is 13.5. The van der Waals surface area contributed by atoms with E-state index in [0.29, 0.717) is 17.4 Å². The summed E-state index contributed by atoms with van der Waals surface area (Å²) >= 11 is 5.13. The van der Waals surface area contributed by atoms with E-state index in [9.17, 15) is 9.59 Å². The molecule has 2 amide bonds. The van der Waals surface area contributed by atoms with Crippen LogP contribution in [0.3, 0.4) is 0 Å². The summed E-state index contributed by atoms with van der Waals surface area (Å²) in [4.78, 5) is 26.1. The van der Waals surface area contributed by atoms with Crippen molar-refractivity contribution in [2.75, 3.05) is 20.2 Å². The molecule has 0 spiro atoms. The molecule has 1 atom stereocenters. The van der Waals surface area contributed by atoms with Crippen molar-refractivity contribution in [3.63, 3.8) is 0 Å². The lowest BCUT2D eigenvalue weighted by Crippen LogP contribution is -2.34. The van der Waals surface area contributed by atoms with Crippen LogP contribution in [0.1, 0.15) is 18.4 Å². The highest BCUT2D eigenvalue weighted by atomic mass is 32.1. The van der Waals surface area contributed by atoms with E-state index >= 15 is 0 Å². The number of likely N-dealkylation sites (N-methyl/N-ethyl adjacent to an activating group) is 1. The fraction of sp³-hybridized carbons (Fsp3) is 0.350. The number of amides is 2. The maximum Gasteiger partial charge on any atom is 0.276 e. The molecule has 3 heterocycles. The summed E-state index contributed by atoms with van der Waals surface area (Å²) in [5, 5.41) is 7.24. The molecule has 1 aromatic heterocycles. The van der Waals surface area contributed by atoms with Crippen molar-refractivity contribution in [1.82, 2.24) is 20.1 Å². The number of nitrogens with one attached hydrogen (secondary N) is 2. The number of para-hydroxylation sites is 1. The molecule has 0 radical (unpaired) electrons. The minimum atomic E-state index is -0.170. The Morgan fingerprint density at radius 1 is 1.43 bits per heavy atom. The summed E-state index contributed by atoms with van der Waals surface area (Å²) in [5.41, 5.74) is 2.22. The third-order valence-electron chi connectivity index (χ3n) is 5.07. The first-order valence-corrected chi connectivity index (χ1v) is 9.70. The average molecular weight is 398 g/mol. The van der Waals surface area contributed by atoms with E-state index in [1.165, 1.54) is 4.90 Å². The molecule has 2 aliphatic rings. The zero-order valence-electron chi connectivity index (χ0n) is 15.6. The van der Waals surface area contributed by atoms with Crippen LogP contribution in [0.15, 0.2) is 36.2 Å². The van der Waals surface area contributed by atoms with Gasteiger partial charge in [-0.2, -0.15) is 0 Å². The number of ether oxygens (including phenoxy) is 1. The van der Waals surface area contributed by atoms with Crippen molar-refractivity contribution in [3.05, 3.63) is 41.7 Å². The lowest BCUT2D eigenvalue weighted by molar-refractivity contribution is -0.122. The zero-order valence-corrected chi connectivity index (χ0v) is 16.4. The Hall–Kier alpha value is -2.71. The second-order valence-electron chi connectivity index (χ2n) is 7.02. The van der Waals surface area contributed by atoms with Crippen LogP contribution >= 0.6 is 12.2 Å². The van der Waals surface area contributed by atoms with E-state index in [1.54, 1.807) is 13.1 Å². The maximum atomic E-state index is 12.4. The van der Waals surface area contributed by atoms with Crippen LogP contribution in [0.5, 0.6) is 0 Å². The van der Waals surface area contributed by atoms with E-state index in [4.69, 9.17) is 17.0 Å². The molecule has 1 aromatic carbocycles. The lowest BCUT2D eigenvalue weighted by Gasteiger charge is -2.11. The summed E-state index contributed by atoms with van der Waals surface area (Å²) in [5.74, 6) is -0.234. The van der Waals surface area contributed by atoms with Gasteiger partial charge in [0.2, 0.25) is 5.91 Å². The topological polar surface area (TPSA) is 75.6 Å². The fourth-order valence-corrected chi connectivity index (χ4v) is 3.74. The van der Waals surface area contributed by atoms with Crippen LogP contribution in [-0.2, 0) is 20.9 Å². The van der Waals surface area contributed by atoms with E-state index in [-0.39, 0.29) is 24.5 Å². The molecule has 2 N–H and O–H groups in total. The number of thiocarbonyl (C=S) groups is 1. The van der Waals surface area contributed by atoms with Gasteiger partial charge in [0.15, 0.2) is 5.11 Å². The van der Waals surface area contributed by atoms with Crippen LogP contribution in [0.25, 0.3) is 17.0 Å². The second kappa shape index (κ2) is 7.73. The number of carbonyl (C=O) groups is 2. The average Bonchev–Trinajstić information content (AvgIpc) is 3.38. The normalized spacial score (nSPS) is 21.0. The summed E-state index contributed by atoms with van der Waals surface area (Å²) in [7, 11) is 1.64. The Morgan fingerprint density at radius 2 is 2.25 bits per heavy atom. The molecule has 0 saturated carbocycles. The Balaban J connectivity index is 1.55. The molecule has 2 aromatic rings. The number of benzene rings is 1. The Morgan fingerprint density at radius 3 is 2.96 bits per heavy atom. The third-order valence-corrected chi connectivity index (χ3v) is 5.44. The van der Waals surface area contributed by atoms with Gasteiger partial charge in [-0.05, 0) is 37.2 Å². The molecule has 2 fully saturated rings. The highest BCUT2D eigenvalue weighted by Gasteiger charge is 2.27. The number of aromatic nitrogens is 1. The lowest BCUT2D eigenvalue weighted by atomic mass is 10.1. The van der Waals surface area contributed by atoms with Crippen LogP contribution < -0.4 is 10.6 Å². The number of hydrogen-bond acceptors (Lipinski definition) is 4. The van der Waals surface area contributed by atoms with Crippen LogP contribution in [0.4, 0.5) is 0 Å². The van der Waals surface area contributed by atoms with Crippen molar-refractivity contribution >= 4 is 46.1 Å². The predicted molar refractivity (Wildman–Crippen MR) is 110 cm³/mol. The predicted octanol–water partition coefficient (Wildman–Crippen LogP) is 1.62. The molecule has 2 saturated heterocycles. The van der Waals surface area contributed by atoms with Crippen LogP contribution in [0.2, 0.25) is 0 Å². The van der Waals surface area contributed by atoms with Gasteiger partial charge in [0.1, 0.15) is 12.2 Å². The standard InChI is InChI=1S/C20H22N4O3S/c1-23-19(26)16(22-20(23)28)9-13-11-24(17-7-3-2-6-15(13)17)12-18(25)21-10-14-5-4-8-27-14/h2-3,6-7,9,11,14H,4-5,8,10,12H2,1H3,(H,21,25)(H,22,28)/b16-9-/t14-/m0/s1. The molecule has 8 heteroatoms. The van der Waals surface area contributed by atoms with Crippen molar-refractivity contribution in [1.29, 1.82) is 0 Å². The van der Waals surface area contributed by atoms with Gasteiger partial charge in [-0.3, -0.25) is 14.5 Å². The summed E-state index contributed by atoms with van der Waals surface area (Å²) in [6.45, 7) is 1.51. The highest BCUT2D eigenvalue weighted by Crippen LogP contribution is 2.24. The molecule has 2 aliphatic heterocycles. The maximum absolute atomic E-state index is 12.4. The Kier molecular flexibility index (Phi) is 5.15. The Bertz CT molecular complexity index is 975. The first kappa shape index (κ1) is 18.6. The highest BCUT2D eigenvalue weighted by molar-refractivity contribution is 7.80. The fourth-order valence-electron chi connectivity index (χ4n) is 3.54. The van der Waals surface area contributed by atoms with Gasteiger partial charge in [0, 0.05) is 42.9 Å². The monoisotopic (exact) mass is 398 g/mol. The quantitative estimate of drug-likeness (QED) is 0.591. The van der Waals surface area contributed by atoms with E-state index in [1.807, 2.05) is 35.0 Å². The van der Waals surface area contributed by atoms with E-state index < -0.39 is 0 Å². The number of hydrogen-bond donors (Lipinski definition) is 2. The zero-order chi connectivity index (χ0) is 19.7. The molecule has 4 rings (SSSR count). The van der Waals surface area contributed by atoms with Gasteiger partial charge < -0.3 is 19.9 Å². The largest absolute Gasteiger partial charge is 0.376 e. The summed E-state index contributed by atoms with van der Waals surface area (Å²) in [6.07, 6.45) is 5.82. The van der Waals surface area contributed by atoms with E-state index in [0.717, 1.165) is 35.9 Å². The van der Waals surface area contributed by atoms with Crippen molar-refractivity contribution in [2.24, 2.45) is 0 Å².